The van der Waals surface area contributed by atoms with Gasteiger partial charge in [0.25, 0.3) is 0 Å². The first kappa shape index (κ1) is 17.2. The van der Waals surface area contributed by atoms with E-state index in [0.717, 1.165) is 37.6 Å². The van der Waals surface area contributed by atoms with Crippen molar-refractivity contribution in [3.05, 3.63) is 28.8 Å². The average Bonchev–Trinajstić information content (AvgIpc) is 2.46. The number of nitrogens with two attached hydrogens (primary N) is 1. The van der Waals surface area contributed by atoms with Gasteiger partial charge in [0.15, 0.2) is 0 Å². The zero-order valence-corrected chi connectivity index (χ0v) is 13.2. The van der Waals surface area contributed by atoms with Gasteiger partial charge in [-0.15, -0.1) is 0 Å². The molecule has 2 N–H and O–H groups in total. The molecule has 0 bridgehead atoms. The summed E-state index contributed by atoms with van der Waals surface area (Å²) in [5.74, 6) is 0. The van der Waals surface area contributed by atoms with E-state index in [-0.39, 0.29) is 0 Å². The molecule has 5 heteroatoms. The maximum absolute atomic E-state index is 6.03. The van der Waals surface area contributed by atoms with E-state index in [1.165, 1.54) is 0 Å². The van der Waals surface area contributed by atoms with E-state index >= 15 is 0 Å². The van der Waals surface area contributed by atoms with Crippen LogP contribution in [0.15, 0.2) is 18.2 Å². The highest BCUT2D eigenvalue weighted by molar-refractivity contribution is 6.30. The molecule has 1 aromatic carbocycles. The van der Waals surface area contributed by atoms with Crippen molar-refractivity contribution in [2.24, 2.45) is 5.73 Å². The Morgan fingerprint density at radius 2 is 1.70 bits per heavy atom. The third-order valence-corrected chi connectivity index (χ3v) is 3.26. The fourth-order valence-corrected chi connectivity index (χ4v) is 2.21. The Balaban J connectivity index is 2.78. The zero-order valence-electron chi connectivity index (χ0n) is 12.4. The summed E-state index contributed by atoms with van der Waals surface area (Å²) in [6, 6.07) is 5.83. The summed E-state index contributed by atoms with van der Waals surface area (Å²) < 4.78 is 10.9. The van der Waals surface area contributed by atoms with Gasteiger partial charge in [-0.05, 0) is 37.6 Å². The van der Waals surface area contributed by atoms with Gasteiger partial charge in [-0.3, -0.25) is 0 Å². The van der Waals surface area contributed by atoms with Crippen molar-refractivity contribution in [1.82, 2.24) is 0 Å². The van der Waals surface area contributed by atoms with E-state index in [0.29, 0.717) is 24.8 Å². The van der Waals surface area contributed by atoms with Crippen LogP contribution < -0.4 is 10.6 Å². The average molecular weight is 301 g/mol. The SMILES string of the molecule is CCOCCN(CCOCC)c1ccc(Cl)cc1CN. The highest BCUT2D eigenvalue weighted by Gasteiger charge is 2.11. The maximum atomic E-state index is 6.03. The summed E-state index contributed by atoms with van der Waals surface area (Å²) in [6.07, 6.45) is 0. The molecule has 20 heavy (non-hydrogen) atoms. The molecule has 0 unspecified atom stereocenters. The second kappa shape index (κ2) is 10.00. The molecule has 4 nitrogen and oxygen atoms in total. The second-order valence-corrected chi connectivity index (χ2v) is 4.79. The van der Waals surface area contributed by atoms with E-state index in [1.807, 2.05) is 32.0 Å². The van der Waals surface area contributed by atoms with E-state index in [2.05, 4.69) is 4.90 Å². The third kappa shape index (κ3) is 5.67. The number of benzene rings is 1. The Hall–Kier alpha value is -0.810. The topological polar surface area (TPSA) is 47.7 Å². The predicted molar refractivity (Wildman–Crippen MR) is 84.5 cm³/mol. The minimum Gasteiger partial charge on any atom is -0.380 e. The molecule has 0 amide bonds. The lowest BCUT2D eigenvalue weighted by molar-refractivity contribution is 0.141. The smallest absolute Gasteiger partial charge is 0.0641 e. The zero-order chi connectivity index (χ0) is 14.8. The van der Waals surface area contributed by atoms with E-state index < -0.39 is 0 Å². The molecule has 0 aromatic heterocycles. The highest BCUT2D eigenvalue weighted by atomic mass is 35.5. The summed E-state index contributed by atoms with van der Waals surface area (Å²) in [6.45, 7) is 8.93. The number of ether oxygens (including phenoxy) is 2. The number of hydrogen-bond acceptors (Lipinski definition) is 4. The van der Waals surface area contributed by atoms with Gasteiger partial charge in [-0.2, -0.15) is 0 Å². The van der Waals surface area contributed by atoms with Crippen molar-refractivity contribution >= 4 is 17.3 Å². The molecular formula is C15H25ClN2O2. The molecular weight excluding hydrogens is 276 g/mol. The molecule has 1 rings (SSSR count). The van der Waals surface area contributed by atoms with Crippen LogP contribution >= 0.6 is 11.6 Å². The Bertz CT molecular complexity index is 378. The summed E-state index contributed by atoms with van der Waals surface area (Å²) in [5, 5.41) is 0.712. The Kier molecular flexibility index (Phi) is 8.62. The minimum atomic E-state index is 0.468. The lowest BCUT2D eigenvalue weighted by Gasteiger charge is -2.27. The van der Waals surface area contributed by atoms with Crippen LogP contribution in [0.3, 0.4) is 0 Å². The molecule has 0 heterocycles. The predicted octanol–water partition coefficient (Wildman–Crippen LogP) is 2.68. The van der Waals surface area contributed by atoms with Gasteiger partial charge in [0, 0.05) is 43.6 Å². The van der Waals surface area contributed by atoms with Crippen LogP contribution in [0.5, 0.6) is 0 Å². The standard InChI is InChI=1S/C15H25ClN2O2/c1-3-19-9-7-18(8-10-20-4-2)15-6-5-14(16)11-13(15)12-17/h5-6,11H,3-4,7-10,12,17H2,1-2H3. The fraction of sp³-hybridized carbons (Fsp3) is 0.600. The Labute approximate surface area is 126 Å². The van der Waals surface area contributed by atoms with Crippen LogP contribution in [0, 0.1) is 0 Å². The van der Waals surface area contributed by atoms with Crippen LogP contribution in [-0.4, -0.2) is 39.5 Å². The second-order valence-electron chi connectivity index (χ2n) is 4.36. The maximum Gasteiger partial charge on any atom is 0.0641 e. The molecule has 0 aliphatic rings. The van der Waals surface area contributed by atoms with E-state index in [4.69, 9.17) is 26.8 Å². The molecule has 0 spiro atoms. The first-order valence-corrected chi connectivity index (χ1v) is 7.49. The summed E-state index contributed by atoms with van der Waals surface area (Å²) >= 11 is 6.03. The first-order valence-electron chi connectivity index (χ1n) is 7.11. The van der Waals surface area contributed by atoms with E-state index in [9.17, 15) is 0 Å². The number of hydrogen-bond donors (Lipinski definition) is 1. The first-order chi connectivity index (χ1) is 9.72. The van der Waals surface area contributed by atoms with Crippen LogP contribution in [0.4, 0.5) is 5.69 Å². The van der Waals surface area contributed by atoms with Gasteiger partial charge in [-0.25, -0.2) is 0 Å². The molecule has 0 fully saturated rings. The number of anilines is 1. The van der Waals surface area contributed by atoms with Gasteiger partial charge >= 0.3 is 0 Å². The lowest BCUT2D eigenvalue weighted by Crippen LogP contribution is -2.32. The number of nitrogens with zero attached hydrogens (tertiary/aromatic N) is 1. The largest absolute Gasteiger partial charge is 0.380 e. The van der Waals surface area contributed by atoms with Gasteiger partial charge < -0.3 is 20.1 Å². The third-order valence-electron chi connectivity index (χ3n) is 3.02. The molecule has 0 saturated heterocycles. The Morgan fingerprint density at radius 1 is 1.10 bits per heavy atom. The monoisotopic (exact) mass is 300 g/mol. The van der Waals surface area contributed by atoms with Crippen molar-refractivity contribution in [3.8, 4) is 0 Å². The molecule has 0 radical (unpaired) electrons. The van der Waals surface area contributed by atoms with Crippen molar-refractivity contribution in [2.75, 3.05) is 44.4 Å². The van der Waals surface area contributed by atoms with Gasteiger partial charge in [-0.1, -0.05) is 11.6 Å². The molecule has 0 saturated carbocycles. The Morgan fingerprint density at radius 3 is 2.20 bits per heavy atom. The van der Waals surface area contributed by atoms with Crippen molar-refractivity contribution in [3.63, 3.8) is 0 Å². The van der Waals surface area contributed by atoms with Crippen LogP contribution in [0.1, 0.15) is 19.4 Å². The van der Waals surface area contributed by atoms with Gasteiger partial charge in [0.2, 0.25) is 0 Å². The van der Waals surface area contributed by atoms with Crippen LogP contribution in [-0.2, 0) is 16.0 Å². The highest BCUT2D eigenvalue weighted by Crippen LogP contribution is 2.24. The normalized spacial score (nSPS) is 10.8. The summed E-state index contributed by atoms with van der Waals surface area (Å²) in [4.78, 5) is 2.24. The molecule has 1 aromatic rings. The van der Waals surface area contributed by atoms with E-state index in [1.54, 1.807) is 0 Å². The molecule has 0 aliphatic carbocycles. The van der Waals surface area contributed by atoms with Gasteiger partial charge in [0.1, 0.15) is 0 Å². The summed E-state index contributed by atoms with van der Waals surface area (Å²) in [7, 11) is 0. The van der Waals surface area contributed by atoms with Crippen molar-refractivity contribution < 1.29 is 9.47 Å². The fourth-order valence-electron chi connectivity index (χ4n) is 2.02. The number of rotatable bonds is 10. The number of halogens is 1. The minimum absolute atomic E-state index is 0.468. The molecule has 114 valence electrons. The van der Waals surface area contributed by atoms with Crippen molar-refractivity contribution in [1.29, 1.82) is 0 Å². The van der Waals surface area contributed by atoms with Crippen LogP contribution in [0.25, 0.3) is 0 Å². The quantitative estimate of drug-likeness (QED) is 0.675. The van der Waals surface area contributed by atoms with Gasteiger partial charge in [0.05, 0.1) is 13.2 Å². The van der Waals surface area contributed by atoms with Crippen LogP contribution in [0.2, 0.25) is 5.02 Å². The molecule has 0 atom stereocenters. The lowest BCUT2D eigenvalue weighted by atomic mass is 10.1. The molecule has 0 aliphatic heterocycles. The van der Waals surface area contributed by atoms with Crippen molar-refractivity contribution in [2.45, 2.75) is 20.4 Å². The summed E-state index contributed by atoms with van der Waals surface area (Å²) in [5.41, 5.74) is 7.97.